The summed E-state index contributed by atoms with van der Waals surface area (Å²) in [5, 5.41) is 0. The molecule has 2 atom stereocenters. The molecule has 0 bridgehead atoms. The predicted octanol–water partition coefficient (Wildman–Crippen LogP) is 0.465. The van der Waals surface area contributed by atoms with Gasteiger partial charge in [0.1, 0.15) is 6.26 Å². The monoisotopic (exact) mass is 301 g/mol. The number of amides is 1. The van der Waals surface area contributed by atoms with Gasteiger partial charge in [-0.3, -0.25) is 4.79 Å². The minimum atomic E-state index is -3.23. The predicted molar refractivity (Wildman–Crippen MR) is 72.6 cm³/mol. The van der Waals surface area contributed by atoms with Crippen molar-refractivity contribution < 1.29 is 17.6 Å². The van der Waals surface area contributed by atoms with Gasteiger partial charge in [-0.05, 0) is 12.3 Å². The van der Waals surface area contributed by atoms with Crippen LogP contribution in [-0.4, -0.2) is 49.6 Å². The van der Waals surface area contributed by atoms with Crippen LogP contribution in [0.15, 0.2) is 17.1 Å². The number of piperidine rings is 1. The van der Waals surface area contributed by atoms with Gasteiger partial charge in [0, 0.05) is 19.1 Å². The zero-order chi connectivity index (χ0) is 14.8. The summed E-state index contributed by atoms with van der Waals surface area (Å²) in [4.78, 5) is 17.7. The van der Waals surface area contributed by atoms with Crippen molar-refractivity contribution >= 4 is 15.9 Å². The number of aromatic nitrogens is 1. The van der Waals surface area contributed by atoms with Crippen LogP contribution in [0.2, 0.25) is 0 Å². The third-order valence-electron chi connectivity index (χ3n) is 3.56. The van der Waals surface area contributed by atoms with Crippen LogP contribution in [0.5, 0.6) is 0 Å². The maximum Gasteiger partial charge on any atom is 0.275 e. The molecule has 1 fully saturated rings. The Balaban J connectivity index is 2.04. The Labute approximate surface area is 118 Å². The first-order chi connectivity index (χ1) is 9.40. The lowest BCUT2D eigenvalue weighted by atomic mass is 9.90. The molecule has 1 aliphatic rings. The van der Waals surface area contributed by atoms with Crippen molar-refractivity contribution in [3.05, 3.63) is 18.4 Å². The van der Waals surface area contributed by atoms with Crippen molar-refractivity contribution in [1.82, 2.24) is 14.6 Å². The van der Waals surface area contributed by atoms with E-state index in [1.807, 2.05) is 6.92 Å². The number of sulfonamides is 1. The molecule has 0 radical (unpaired) electrons. The third kappa shape index (κ3) is 3.57. The highest BCUT2D eigenvalue weighted by Crippen LogP contribution is 2.22. The van der Waals surface area contributed by atoms with E-state index < -0.39 is 10.0 Å². The van der Waals surface area contributed by atoms with Gasteiger partial charge >= 0.3 is 0 Å². The summed E-state index contributed by atoms with van der Waals surface area (Å²) in [6.45, 7) is 3.02. The SMILES string of the molecule is CC[C@@H]1CN(C(=O)c2cocn2)CC[C@@H]1NS(C)(=O)=O. The molecule has 0 aliphatic carbocycles. The highest BCUT2D eigenvalue weighted by Gasteiger charge is 2.32. The highest BCUT2D eigenvalue weighted by atomic mass is 32.2. The zero-order valence-corrected chi connectivity index (χ0v) is 12.4. The van der Waals surface area contributed by atoms with Crippen molar-refractivity contribution in [2.45, 2.75) is 25.8 Å². The summed E-state index contributed by atoms with van der Waals surface area (Å²) >= 11 is 0. The smallest absolute Gasteiger partial charge is 0.275 e. The van der Waals surface area contributed by atoms with Crippen LogP contribution in [0.25, 0.3) is 0 Å². The highest BCUT2D eigenvalue weighted by molar-refractivity contribution is 7.88. The first-order valence-corrected chi connectivity index (χ1v) is 8.44. The van der Waals surface area contributed by atoms with Gasteiger partial charge in [-0.15, -0.1) is 0 Å². The van der Waals surface area contributed by atoms with Gasteiger partial charge < -0.3 is 9.32 Å². The number of carbonyl (C=O) groups excluding carboxylic acids is 1. The van der Waals surface area contributed by atoms with E-state index in [1.54, 1.807) is 4.90 Å². The van der Waals surface area contributed by atoms with E-state index in [2.05, 4.69) is 9.71 Å². The molecule has 1 aliphatic heterocycles. The van der Waals surface area contributed by atoms with E-state index in [1.165, 1.54) is 12.7 Å². The Morgan fingerprint density at radius 2 is 2.35 bits per heavy atom. The molecule has 0 spiro atoms. The number of hydrogen-bond acceptors (Lipinski definition) is 5. The number of likely N-dealkylation sites (tertiary alicyclic amines) is 1. The Morgan fingerprint density at radius 3 is 2.90 bits per heavy atom. The summed E-state index contributed by atoms with van der Waals surface area (Å²) in [6.07, 6.45) is 5.12. The molecule has 2 heterocycles. The van der Waals surface area contributed by atoms with E-state index in [0.717, 1.165) is 12.7 Å². The Morgan fingerprint density at radius 1 is 1.60 bits per heavy atom. The van der Waals surface area contributed by atoms with Crippen molar-refractivity contribution in [3.63, 3.8) is 0 Å². The Kier molecular flexibility index (Phi) is 4.44. The van der Waals surface area contributed by atoms with Crippen molar-refractivity contribution in [2.24, 2.45) is 5.92 Å². The van der Waals surface area contributed by atoms with E-state index in [-0.39, 0.29) is 23.6 Å². The summed E-state index contributed by atoms with van der Waals surface area (Å²) < 4.78 is 30.2. The molecule has 2 rings (SSSR count). The number of carbonyl (C=O) groups is 1. The van der Waals surface area contributed by atoms with Gasteiger partial charge in [0.05, 0.1) is 6.26 Å². The standard InChI is InChI=1S/C12H19N3O4S/c1-3-9-6-15(12(16)11-7-19-8-13-11)5-4-10(9)14-20(2,17)18/h7-10,14H,3-6H2,1-2H3/t9-,10+/m1/s1. The van der Waals surface area contributed by atoms with Crippen LogP contribution in [0.4, 0.5) is 0 Å². The van der Waals surface area contributed by atoms with Crippen LogP contribution in [0.3, 0.4) is 0 Å². The van der Waals surface area contributed by atoms with Crippen molar-refractivity contribution in [3.8, 4) is 0 Å². The first-order valence-electron chi connectivity index (χ1n) is 6.55. The van der Waals surface area contributed by atoms with Crippen LogP contribution in [0, 0.1) is 5.92 Å². The fraction of sp³-hybridized carbons (Fsp3) is 0.667. The molecule has 0 unspecified atom stereocenters. The number of nitrogens with one attached hydrogen (secondary N) is 1. The maximum atomic E-state index is 12.2. The minimum Gasteiger partial charge on any atom is -0.451 e. The van der Waals surface area contributed by atoms with E-state index in [0.29, 0.717) is 19.5 Å². The van der Waals surface area contributed by atoms with Gasteiger partial charge in [-0.2, -0.15) is 0 Å². The largest absolute Gasteiger partial charge is 0.451 e. The molecule has 0 saturated carbocycles. The number of oxazole rings is 1. The molecule has 1 aromatic heterocycles. The average Bonchev–Trinajstić information content (AvgIpc) is 2.90. The van der Waals surface area contributed by atoms with Crippen LogP contribution >= 0.6 is 0 Å². The summed E-state index contributed by atoms with van der Waals surface area (Å²) in [5.41, 5.74) is 0.286. The summed E-state index contributed by atoms with van der Waals surface area (Å²) in [7, 11) is -3.23. The second-order valence-electron chi connectivity index (χ2n) is 5.08. The lowest BCUT2D eigenvalue weighted by Crippen LogP contribution is -2.52. The number of nitrogens with zero attached hydrogens (tertiary/aromatic N) is 2. The van der Waals surface area contributed by atoms with Gasteiger partial charge in [-0.1, -0.05) is 13.3 Å². The molecule has 112 valence electrons. The first kappa shape index (κ1) is 15.0. The van der Waals surface area contributed by atoms with Crippen LogP contribution in [-0.2, 0) is 10.0 Å². The van der Waals surface area contributed by atoms with Gasteiger partial charge in [0.15, 0.2) is 12.1 Å². The quantitative estimate of drug-likeness (QED) is 0.872. The molecule has 1 aromatic rings. The molecular formula is C12H19N3O4S. The molecule has 1 N–H and O–H groups in total. The fourth-order valence-corrected chi connectivity index (χ4v) is 3.40. The second kappa shape index (κ2) is 5.92. The summed E-state index contributed by atoms with van der Waals surface area (Å²) in [6, 6.07) is -0.114. The fourth-order valence-electron chi connectivity index (χ4n) is 2.54. The normalized spacial score (nSPS) is 23.8. The molecule has 1 saturated heterocycles. The van der Waals surface area contributed by atoms with E-state index in [9.17, 15) is 13.2 Å². The molecule has 1 amide bonds. The van der Waals surface area contributed by atoms with Crippen molar-refractivity contribution in [2.75, 3.05) is 19.3 Å². The second-order valence-corrected chi connectivity index (χ2v) is 6.86. The zero-order valence-electron chi connectivity index (χ0n) is 11.6. The lowest BCUT2D eigenvalue weighted by Gasteiger charge is -2.37. The maximum absolute atomic E-state index is 12.2. The third-order valence-corrected chi connectivity index (χ3v) is 4.29. The van der Waals surface area contributed by atoms with Crippen LogP contribution < -0.4 is 4.72 Å². The van der Waals surface area contributed by atoms with Crippen LogP contribution in [0.1, 0.15) is 30.3 Å². The lowest BCUT2D eigenvalue weighted by molar-refractivity contribution is 0.0635. The van der Waals surface area contributed by atoms with E-state index in [4.69, 9.17) is 4.42 Å². The number of rotatable bonds is 4. The topological polar surface area (TPSA) is 92.5 Å². The molecule has 20 heavy (non-hydrogen) atoms. The molecular weight excluding hydrogens is 282 g/mol. The van der Waals surface area contributed by atoms with Crippen molar-refractivity contribution in [1.29, 1.82) is 0 Å². The molecule has 8 heteroatoms. The number of hydrogen-bond donors (Lipinski definition) is 1. The van der Waals surface area contributed by atoms with Gasteiger partial charge in [0.2, 0.25) is 10.0 Å². The molecule has 0 aromatic carbocycles. The van der Waals surface area contributed by atoms with E-state index >= 15 is 0 Å². The average molecular weight is 301 g/mol. The minimum absolute atomic E-state index is 0.106. The Bertz CT molecular complexity index is 555. The molecule has 7 nitrogen and oxygen atoms in total. The van der Waals surface area contributed by atoms with Gasteiger partial charge in [-0.25, -0.2) is 18.1 Å². The van der Waals surface area contributed by atoms with Gasteiger partial charge in [0.25, 0.3) is 5.91 Å². The summed E-state index contributed by atoms with van der Waals surface area (Å²) in [5.74, 6) is -0.0654. The Hall–Kier alpha value is -1.41.